The van der Waals surface area contributed by atoms with Crippen LogP contribution in [0.5, 0.6) is 0 Å². The molecule has 0 saturated heterocycles. The fourth-order valence-electron chi connectivity index (χ4n) is 2.35. The summed E-state index contributed by atoms with van der Waals surface area (Å²) in [5, 5.41) is 3.65. The molecule has 1 aliphatic rings. The maximum absolute atomic E-state index is 5.47. The van der Waals surface area contributed by atoms with Crippen molar-refractivity contribution in [3.63, 3.8) is 0 Å². The van der Waals surface area contributed by atoms with E-state index in [1.165, 1.54) is 25.7 Å². The lowest BCUT2D eigenvalue weighted by Gasteiger charge is -2.29. The molecule has 16 heavy (non-hydrogen) atoms. The van der Waals surface area contributed by atoms with E-state index in [9.17, 15) is 0 Å². The Bertz CT molecular complexity index is 303. The highest BCUT2D eigenvalue weighted by Gasteiger charge is 2.28. The molecule has 0 aliphatic heterocycles. The second-order valence-corrected chi connectivity index (χ2v) is 5.47. The first-order valence-corrected chi connectivity index (χ1v) is 6.48. The number of furan rings is 1. The second kappa shape index (κ2) is 5.05. The van der Waals surface area contributed by atoms with Crippen molar-refractivity contribution in [1.29, 1.82) is 0 Å². The zero-order valence-electron chi connectivity index (χ0n) is 10.5. The van der Waals surface area contributed by atoms with E-state index in [0.29, 0.717) is 5.41 Å². The summed E-state index contributed by atoms with van der Waals surface area (Å²) in [6, 6.07) is 4.87. The minimum absolute atomic E-state index is 0.342. The van der Waals surface area contributed by atoms with Gasteiger partial charge in [0.2, 0.25) is 0 Å². The highest BCUT2D eigenvalue weighted by Crippen LogP contribution is 2.29. The quantitative estimate of drug-likeness (QED) is 0.763. The van der Waals surface area contributed by atoms with Crippen molar-refractivity contribution >= 4 is 0 Å². The van der Waals surface area contributed by atoms with Gasteiger partial charge in [-0.05, 0) is 36.8 Å². The standard InChI is InChI=1S/C14H23NO/c1-3-8-14(2,11-15-12-6-7-12)10-13-5-4-9-16-13/h4-5,9,12,15H,3,6-8,10-11H2,1-2H3. The minimum atomic E-state index is 0.342. The number of rotatable bonds is 7. The average Bonchev–Trinajstić information content (AvgIpc) is 2.95. The molecule has 0 amide bonds. The van der Waals surface area contributed by atoms with E-state index in [0.717, 1.165) is 24.8 Å². The van der Waals surface area contributed by atoms with E-state index in [1.807, 2.05) is 6.07 Å². The van der Waals surface area contributed by atoms with Crippen molar-refractivity contribution in [2.24, 2.45) is 5.41 Å². The topological polar surface area (TPSA) is 25.2 Å². The molecule has 2 rings (SSSR count). The fourth-order valence-corrected chi connectivity index (χ4v) is 2.35. The van der Waals surface area contributed by atoms with E-state index in [-0.39, 0.29) is 0 Å². The van der Waals surface area contributed by atoms with E-state index in [2.05, 4.69) is 25.2 Å². The maximum Gasteiger partial charge on any atom is 0.104 e. The van der Waals surface area contributed by atoms with Gasteiger partial charge in [0, 0.05) is 19.0 Å². The van der Waals surface area contributed by atoms with Crippen molar-refractivity contribution in [2.45, 2.75) is 52.0 Å². The van der Waals surface area contributed by atoms with Crippen LogP contribution < -0.4 is 5.32 Å². The third-order valence-electron chi connectivity index (χ3n) is 3.43. The molecule has 1 N–H and O–H groups in total. The van der Waals surface area contributed by atoms with Gasteiger partial charge in [-0.15, -0.1) is 0 Å². The van der Waals surface area contributed by atoms with E-state index >= 15 is 0 Å². The van der Waals surface area contributed by atoms with E-state index in [4.69, 9.17) is 4.42 Å². The van der Waals surface area contributed by atoms with E-state index in [1.54, 1.807) is 6.26 Å². The summed E-state index contributed by atoms with van der Waals surface area (Å²) in [6.45, 7) is 5.75. The zero-order chi connectivity index (χ0) is 11.4. The molecule has 1 fully saturated rings. The number of nitrogens with one attached hydrogen (secondary N) is 1. The number of hydrogen-bond donors (Lipinski definition) is 1. The molecule has 0 spiro atoms. The van der Waals surface area contributed by atoms with Gasteiger partial charge >= 0.3 is 0 Å². The van der Waals surface area contributed by atoms with Crippen LogP contribution in [0.2, 0.25) is 0 Å². The van der Waals surface area contributed by atoms with Crippen molar-refractivity contribution in [3.05, 3.63) is 24.2 Å². The Morgan fingerprint density at radius 3 is 2.88 bits per heavy atom. The summed E-state index contributed by atoms with van der Waals surface area (Å²) < 4.78 is 5.47. The molecule has 0 bridgehead atoms. The molecule has 90 valence electrons. The third kappa shape index (κ3) is 3.38. The predicted octanol–water partition coefficient (Wildman–Crippen LogP) is 3.38. The van der Waals surface area contributed by atoms with Crippen LogP contribution >= 0.6 is 0 Å². The molecule has 1 unspecified atom stereocenters. The molecule has 1 saturated carbocycles. The van der Waals surface area contributed by atoms with Crippen molar-refractivity contribution in [1.82, 2.24) is 5.32 Å². The van der Waals surface area contributed by atoms with Gasteiger partial charge in [-0.25, -0.2) is 0 Å². The first-order valence-electron chi connectivity index (χ1n) is 6.48. The van der Waals surface area contributed by atoms with Crippen LogP contribution in [-0.2, 0) is 6.42 Å². The molecule has 2 heteroatoms. The Morgan fingerprint density at radius 2 is 2.31 bits per heavy atom. The maximum atomic E-state index is 5.47. The van der Waals surface area contributed by atoms with Crippen molar-refractivity contribution in [3.8, 4) is 0 Å². The molecule has 1 aromatic rings. The summed E-state index contributed by atoms with van der Waals surface area (Å²) in [4.78, 5) is 0. The van der Waals surface area contributed by atoms with Gasteiger partial charge in [-0.3, -0.25) is 0 Å². The van der Waals surface area contributed by atoms with Gasteiger partial charge in [-0.2, -0.15) is 0 Å². The Labute approximate surface area is 98.4 Å². The van der Waals surface area contributed by atoms with Crippen LogP contribution in [0.3, 0.4) is 0 Å². The van der Waals surface area contributed by atoms with Gasteiger partial charge in [0.25, 0.3) is 0 Å². The molecule has 2 nitrogen and oxygen atoms in total. The molecular formula is C14H23NO. The van der Waals surface area contributed by atoms with Gasteiger partial charge in [0.1, 0.15) is 5.76 Å². The molecule has 1 aromatic heterocycles. The summed E-state index contributed by atoms with van der Waals surface area (Å²) in [5.41, 5.74) is 0.342. The second-order valence-electron chi connectivity index (χ2n) is 5.47. The van der Waals surface area contributed by atoms with E-state index < -0.39 is 0 Å². The molecule has 1 aliphatic carbocycles. The Hall–Kier alpha value is -0.760. The molecular weight excluding hydrogens is 198 g/mol. The van der Waals surface area contributed by atoms with Crippen LogP contribution in [0.15, 0.2) is 22.8 Å². The monoisotopic (exact) mass is 221 g/mol. The van der Waals surface area contributed by atoms with Gasteiger partial charge in [0.05, 0.1) is 6.26 Å². The van der Waals surface area contributed by atoms with Gasteiger partial charge < -0.3 is 9.73 Å². The number of hydrogen-bond acceptors (Lipinski definition) is 2. The Kier molecular flexibility index (Phi) is 3.70. The lowest BCUT2D eigenvalue weighted by Crippen LogP contribution is -2.34. The SMILES string of the molecule is CCCC(C)(CNC1CC1)Cc1ccco1. The fraction of sp³-hybridized carbons (Fsp3) is 0.714. The largest absolute Gasteiger partial charge is 0.469 e. The molecule has 0 aromatic carbocycles. The summed E-state index contributed by atoms with van der Waals surface area (Å²) in [6.07, 6.45) is 8.05. The first kappa shape index (κ1) is 11.7. The summed E-state index contributed by atoms with van der Waals surface area (Å²) in [5.74, 6) is 1.12. The van der Waals surface area contributed by atoms with Crippen LogP contribution in [-0.4, -0.2) is 12.6 Å². The third-order valence-corrected chi connectivity index (χ3v) is 3.43. The Balaban J connectivity index is 1.89. The summed E-state index contributed by atoms with van der Waals surface area (Å²) >= 11 is 0. The molecule has 1 heterocycles. The van der Waals surface area contributed by atoms with Crippen molar-refractivity contribution in [2.75, 3.05) is 6.54 Å². The Morgan fingerprint density at radius 1 is 1.50 bits per heavy atom. The lowest BCUT2D eigenvalue weighted by atomic mass is 9.81. The first-order chi connectivity index (χ1) is 7.72. The van der Waals surface area contributed by atoms with Crippen molar-refractivity contribution < 1.29 is 4.42 Å². The van der Waals surface area contributed by atoms with Crippen LogP contribution in [0.25, 0.3) is 0 Å². The smallest absolute Gasteiger partial charge is 0.104 e. The predicted molar refractivity (Wildman–Crippen MR) is 66.5 cm³/mol. The summed E-state index contributed by atoms with van der Waals surface area (Å²) in [7, 11) is 0. The normalized spacial score (nSPS) is 19.6. The zero-order valence-corrected chi connectivity index (χ0v) is 10.5. The highest BCUT2D eigenvalue weighted by molar-refractivity contribution is 5.02. The molecule has 0 radical (unpaired) electrons. The minimum Gasteiger partial charge on any atom is -0.469 e. The highest BCUT2D eigenvalue weighted by atomic mass is 16.3. The van der Waals surface area contributed by atoms with Crippen LogP contribution in [0.1, 0.15) is 45.3 Å². The average molecular weight is 221 g/mol. The van der Waals surface area contributed by atoms with Crippen LogP contribution in [0.4, 0.5) is 0 Å². The van der Waals surface area contributed by atoms with Gasteiger partial charge in [0.15, 0.2) is 0 Å². The molecule has 1 atom stereocenters. The van der Waals surface area contributed by atoms with Gasteiger partial charge in [-0.1, -0.05) is 20.3 Å². The van der Waals surface area contributed by atoms with Crippen LogP contribution in [0, 0.1) is 5.41 Å². The lowest BCUT2D eigenvalue weighted by molar-refractivity contribution is 0.255.